The number of carbonyl (C=O) groups excluding carboxylic acids is 2. The fraction of sp³-hybridized carbons (Fsp3) is 0.471. The number of alkyl halides is 3. The fourth-order valence-electron chi connectivity index (χ4n) is 2.33. The highest BCUT2D eigenvalue weighted by Gasteiger charge is 2.64. The summed E-state index contributed by atoms with van der Waals surface area (Å²) in [5, 5.41) is 3.73. The highest BCUT2D eigenvalue weighted by atomic mass is 32.1. The molecule has 0 radical (unpaired) electrons. The minimum atomic E-state index is -5.15. The zero-order valence-electron chi connectivity index (χ0n) is 14.9. The smallest absolute Gasteiger partial charge is 0.442 e. The third-order valence-electron chi connectivity index (χ3n) is 3.68. The van der Waals surface area contributed by atoms with Crippen LogP contribution in [0, 0.1) is 0 Å². The first kappa shape index (κ1) is 20.9. The number of unbranched alkanes of at least 4 members (excludes halogenated alkanes) is 1. The molecule has 0 aliphatic heterocycles. The van der Waals surface area contributed by atoms with Crippen LogP contribution in [-0.2, 0) is 14.3 Å². The predicted molar refractivity (Wildman–Crippen MR) is 96.3 cm³/mol. The zero-order chi connectivity index (χ0) is 20.1. The van der Waals surface area contributed by atoms with E-state index >= 15 is 0 Å². The molecule has 0 saturated heterocycles. The van der Waals surface area contributed by atoms with Crippen LogP contribution < -0.4 is 10.6 Å². The summed E-state index contributed by atoms with van der Waals surface area (Å²) in [5.41, 5.74) is -2.94. The Morgan fingerprint density at radius 3 is 2.52 bits per heavy atom. The molecule has 1 amide bonds. The van der Waals surface area contributed by atoms with E-state index in [9.17, 15) is 22.8 Å². The first-order chi connectivity index (χ1) is 12.7. The van der Waals surface area contributed by atoms with E-state index in [1.165, 1.54) is 6.92 Å². The quantitative estimate of drug-likeness (QED) is 0.517. The van der Waals surface area contributed by atoms with Gasteiger partial charge in [0.15, 0.2) is 5.13 Å². The second-order valence-corrected chi connectivity index (χ2v) is 6.76. The average Bonchev–Trinajstić information content (AvgIpc) is 3.00. The van der Waals surface area contributed by atoms with Gasteiger partial charge in [0.2, 0.25) is 5.91 Å². The number of nitrogens with one attached hydrogen (secondary N) is 2. The van der Waals surface area contributed by atoms with Gasteiger partial charge in [-0.05, 0) is 25.5 Å². The largest absolute Gasteiger partial charge is 0.463 e. The molecule has 1 aromatic carbocycles. The molecule has 1 aromatic heterocycles. The number of rotatable bonds is 8. The van der Waals surface area contributed by atoms with Crippen LogP contribution in [0.1, 0.15) is 33.1 Å². The Hall–Kier alpha value is -2.36. The summed E-state index contributed by atoms with van der Waals surface area (Å²) in [6.45, 7) is 2.91. The van der Waals surface area contributed by atoms with Crippen molar-refractivity contribution in [2.24, 2.45) is 0 Å². The molecule has 2 aromatic rings. The van der Waals surface area contributed by atoms with Crippen LogP contribution in [0.15, 0.2) is 24.3 Å². The third-order valence-corrected chi connectivity index (χ3v) is 4.63. The second kappa shape index (κ2) is 8.55. The molecule has 0 saturated carbocycles. The van der Waals surface area contributed by atoms with Gasteiger partial charge in [-0.25, -0.2) is 9.78 Å². The number of fused-ring (bicyclic) bond motifs is 1. The lowest BCUT2D eigenvalue weighted by molar-refractivity contribution is -0.207. The molecule has 0 fully saturated rings. The Labute approximate surface area is 158 Å². The van der Waals surface area contributed by atoms with Gasteiger partial charge >= 0.3 is 17.8 Å². The molecule has 0 bridgehead atoms. The van der Waals surface area contributed by atoms with Crippen molar-refractivity contribution in [1.29, 1.82) is 0 Å². The number of thiazole rings is 1. The van der Waals surface area contributed by atoms with Gasteiger partial charge in [0.1, 0.15) is 0 Å². The first-order valence-corrected chi connectivity index (χ1v) is 9.24. The maximum Gasteiger partial charge on any atom is 0.442 e. The Morgan fingerprint density at radius 1 is 1.22 bits per heavy atom. The lowest BCUT2D eigenvalue weighted by Crippen LogP contribution is -2.69. The van der Waals surface area contributed by atoms with E-state index in [0.717, 1.165) is 11.3 Å². The standard InChI is InChI=1S/C17H20F3N3O3S/c1-3-5-10-13(24)22-16(17(18,19)20,14(25)26-4-2)23-15-21-11-8-6-7-9-12(11)27-15/h6-9H,3-5,10H2,1-2H3,(H,21,23)(H,22,24)/t16-/m1/s1. The van der Waals surface area contributed by atoms with Crippen molar-refractivity contribution in [3.63, 3.8) is 0 Å². The molecule has 1 atom stereocenters. The maximum absolute atomic E-state index is 14.0. The number of carbonyl (C=O) groups is 2. The predicted octanol–water partition coefficient (Wildman–Crippen LogP) is 3.84. The SMILES string of the molecule is CCCCC(=O)N[C@@](Nc1nc2ccccc2s1)(C(=O)OCC)C(F)(F)F. The van der Waals surface area contributed by atoms with Crippen LogP contribution in [-0.4, -0.2) is 35.3 Å². The molecule has 10 heteroatoms. The molecular formula is C17H20F3N3O3S. The van der Waals surface area contributed by atoms with E-state index in [1.54, 1.807) is 36.5 Å². The summed E-state index contributed by atoms with van der Waals surface area (Å²) in [5.74, 6) is -2.54. The normalized spacial score (nSPS) is 13.8. The molecule has 2 N–H and O–H groups in total. The van der Waals surface area contributed by atoms with Crippen LogP contribution in [0.3, 0.4) is 0 Å². The molecule has 0 unspecified atom stereocenters. The summed E-state index contributed by atoms with van der Waals surface area (Å²) < 4.78 is 47.2. The molecule has 0 aliphatic rings. The number of para-hydroxylation sites is 1. The van der Waals surface area contributed by atoms with E-state index < -0.39 is 23.7 Å². The number of halogens is 3. The highest BCUT2D eigenvalue weighted by Crippen LogP contribution is 2.35. The third kappa shape index (κ3) is 4.68. The number of benzene rings is 1. The molecule has 2 rings (SSSR count). The van der Waals surface area contributed by atoms with Crippen molar-refractivity contribution >= 4 is 38.6 Å². The summed E-state index contributed by atoms with van der Waals surface area (Å²) in [4.78, 5) is 28.4. The van der Waals surface area contributed by atoms with Gasteiger partial charge in [0.05, 0.1) is 16.8 Å². The van der Waals surface area contributed by atoms with Crippen molar-refractivity contribution in [3.8, 4) is 0 Å². The van der Waals surface area contributed by atoms with Crippen LogP contribution in [0.4, 0.5) is 18.3 Å². The number of hydrogen-bond acceptors (Lipinski definition) is 6. The summed E-state index contributed by atoms with van der Waals surface area (Å²) >= 11 is 0.939. The second-order valence-electron chi connectivity index (χ2n) is 5.73. The van der Waals surface area contributed by atoms with Crippen LogP contribution >= 0.6 is 11.3 Å². The van der Waals surface area contributed by atoms with Gasteiger partial charge in [-0.15, -0.1) is 0 Å². The van der Waals surface area contributed by atoms with Crippen molar-refractivity contribution < 1.29 is 27.5 Å². The number of amides is 1. The minimum Gasteiger partial charge on any atom is -0.463 e. The number of esters is 1. The number of hydrogen-bond donors (Lipinski definition) is 2. The van der Waals surface area contributed by atoms with Gasteiger partial charge < -0.3 is 15.4 Å². The lowest BCUT2D eigenvalue weighted by Gasteiger charge is -2.34. The van der Waals surface area contributed by atoms with E-state index in [2.05, 4.69) is 15.0 Å². The van der Waals surface area contributed by atoms with Crippen molar-refractivity contribution in [1.82, 2.24) is 10.3 Å². The molecule has 6 nitrogen and oxygen atoms in total. The van der Waals surface area contributed by atoms with Gasteiger partial charge in [-0.3, -0.25) is 4.79 Å². The lowest BCUT2D eigenvalue weighted by atomic mass is 10.1. The summed E-state index contributed by atoms with van der Waals surface area (Å²) in [6, 6.07) is 6.74. The number of nitrogens with zero attached hydrogens (tertiary/aromatic N) is 1. The topological polar surface area (TPSA) is 80.3 Å². The Balaban J connectivity index is 2.44. The molecular weight excluding hydrogens is 383 g/mol. The van der Waals surface area contributed by atoms with E-state index in [4.69, 9.17) is 0 Å². The van der Waals surface area contributed by atoms with Gasteiger partial charge in [-0.2, -0.15) is 13.2 Å². The summed E-state index contributed by atoms with van der Waals surface area (Å²) in [7, 11) is 0. The van der Waals surface area contributed by atoms with E-state index in [0.29, 0.717) is 23.1 Å². The minimum absolute atomic E-state index is 0.144. The zero-order valence-corrected chi connectivity index (χ0v) is 15.7. The summed E-state index contributed by atoms with van der Waals surface area (Å²) in [6.07, 6.45) is -4.28. The number of ether oxygens (including phenoxy) is 1. The fourth-order valence-corrected chi connectivity index (χ4v) is 3.25. The Morgan fingerprint density at radius 2 is 1.93 bits per heavy atom. The van der Waals surface area contributed by atoms with Crippen LogP contribution in [0.25, 0.3) is 10.2 Å². The molecule has 0 spiro atoms. The van der Waals surface area contributed by atoms with Gasteiger partial charge in [0, 0.05) is 6.42 Å². The van der Waals surface area contributed by atoms with Gasteiger partial charge in [-0.1, -0.05) is 36.8 Å². The van der Waals surface area contributed by atoms with Crippen molar-refractivity contribution in [3.05, 3.63) is 24.3 Å². The maximum atomic E-state index is 14.0. The molecule has 1 heterocycles. The van der Waals surface area contributed by atoms with Crippen LogP contribution in [0.5, 0.6) is 0 Å². The number of anilines is 1. The van der Waals surface area contributed by atoms with E-state index in [-0.39, 0.29) is 18.2 Å². The highest BCUT2D eigenvalue weighted by molar-refractivity contribution is 7.22. The molecule has 148 valence electrons. The monoisotopic (exact) mass is 403 g/mol. The molecule has 0 aliphatic carbocycles. The average molecular weight is 403 g/mol. The Kier molecular flexibility index (Phi) is 6.63. The van der Waals surface area contributed by atoms with Crippen LogP contribution in [0.2, 0.25) is 0 Å². The van der Waals surface area contributed by atoms with Crippen molar-refractivity contribution in [2.75, 3.05) is 11.9 Å². The Bertz CT molecular complexity index is 776. The van der Waals surface area contributed by atoms with E-state index in [1.807, 2.05) is 0 Å². The first-order valence-electron chi connectivity index (χ1n) is 8.42. The number of aromatic nitrogens is 1. The van der Waals surface area contributed by atoms with Gasteiger partial charge in [0.25, 0.3) is 0 Å². The molecule has 27 heavy (non-hydrogen) atoms. The van der Waals surface area contributed by atoms with Crippen molar-refractivity contribution in [2.45, 2.75) is 44.9 Å².